The Morgan fingerprint density at radius 2 is 2.42 bits per heavy atom. The van der Waals surface area contributed by atoms with Gasteiger partial charge >= 0.3 is 6.09 Å². The summed E-state index contributed by atoms with van der Waals surface area (Å²) >= 11 is 3.34. The van der Waals surface area contributed by atoms with E-state index in [4.69, 9.17) is 4.74 Å². The molecule has 0 spiro atoms. The van der Waals surface area contributed by atoms with E-state index in [9.17, 15) is 4.79 Å². The number of alkyl halides is 1. The van der Waals surface area contributed by atoms with Crippen LogP contribution in [0.1, 0.15) is 20.3 Å². The van der Waals surface area contributed by atoms with Crippen molar-refractivity contribution >= 4 is 22.0 Å². The van der Waals surface area contributed by atoms with Crippen LogP contribution in [0.3, 0.4) is 0 Å². The average Bonchev–Trinajstić information content (AvgIpc) is 2.54. The molecule has 0 aromatic carbocycles. The molecule has 70 valence electrons. The first kappa shape index (κ1) is 9.84. The van der Waals surface area contributed by atoms with Crippen molar-refractivity contribution in [2.24, 2.45) is 0 Å². The maximum absolute atomic E-state index is 11.1. The Labute approximate surface area is 81.2 Å². The van der Waals surface area contributed by atoms with Crippen LogP contribution in [0.25, 0.3) is 0 Å². The number of cyclic esters (lactones) is 1. The quantitative estimate of drug-likeness (QED) is 0.651. The summed E-state index contributed by atoms with van der Waals surface area (Å²) in [6.45, 7) is 0.882. The number of carbonyl (C=O) groups excluding carboxylic acids is 1. The lowest BCUT2D eigenvalue weighted by atomic mass is 10.1. The van der Waals surface area contributed by atoms with Gasteiger partial charge in [0.05, 0.1) is 6.04 Å². The smallest absolute Gasteiger partial charge is 0.410 e. The van der Waals surface area contributed by atoms with Crippen LogP contribution in [-0.2, 0) is 4.74 Å². The normalized spacial score (nSPS) is 32.8. The Hall–Kier alpha value is -0.250. The minimum atomic E-state index is -0.128. The molecular weight excluding hydrogens is 222 g/mol. The van der Waals surface area contributed by atoms with Gasteiger partial charge in [-0.3, -0.25) is 0 Å². The first-order valence-corrected chi connectivity index (χ1v) is 4.98. The highest BCUT2D eigenvalue weighted by molar-refractivity contribution is 9.09. The first-order chi connectivity index (χ1) is 5.33. The molecule has 0 aromatic rings. The fourth-order valence-corrected chi connectivity index (χ4v) is 2.38. The number of amides is 1. The molecule has 2 saturated heterocycles. The van der Waals surface area contributed by atoms with Crippen LogP contribution >= 0.6 is 15.9 Å². The third-order valence-electron chi connectivity index (χ3n) is 2.37. The van der Waals surface area contributed by atoms with E-state index in [1.54, 1.807) is 0 Å². The lowest BCUT2D eigenvalue weighted by Gasteiger charge is -2.13. The minimum absolute atomic E-state index is 0. The van der Waals surface area contributed by atoms with Gasteiger partial charge in [-0.05, 0) is 12.8 Å². The zero-order chi connectivity index (χ0) is 7.84. The molecule has 2 aliphatic heterocycles. The van der Waals surface area contributed by atoms with Gasteiger partial charge < -0.3 is 9.64 Å². The molecular formula is C8H14BrNO2. The predicted molar refractivity (Wildman–Crippen MR) is 50.5 cm³/mol. The highest BCUT2D eigenvalue weighted by atomic mass is 79.9. The van der Waals surface area contributed by atoms with Crippen LogP contribution in [0.15, 0.2) is 0 Å². The van der Waals surface area contributed by atoms with Gasteiger partial charge in [0.2, 0.25) is 0 Å². The Bertz CT molecular complexity index is 186. The largest absolute Gasteiger partial charge is 0.443 e. The molecule has 1 amide bonds. The molecule has 1 unspecified atom stereocenters. The highest BCUT2D eigenvalue weighted by Gasteiger charge is 2.43. The summed E-state index contributed by atoms with van der Waals surface area (Å²) in [5.41, 5.74) is 0. The monoisotopic (exact) mass is 235 g/mol. The zero-order valence-electron chi connectivity index (χ0n) is 6.12. The summed E-state index contributed by atoms with van der Waals surface area (Å²) in [6.07, 6.45) is 2.19. The van der Waals surface area contributed by atoms with Gasteiger partial charge in [-0.2, -0.15) is 0 Å². The van der Waals surface area contributed by atoms with Crippen molar-refractivity contribution in [2.75, 3.05) is 11.9 Å². The lowest BCUT2D eigenvalue weighted by molar-refractivity contribution is 0.136. The maximum atomic E-state index is 11.1. The average molecular weight is 236 g/mol. The second kappa shape index (κ2) is 3.64. The van der Waals surface area contributed by atoms with Gasteiger partial charge in [0, 0.05) is 11.9 Å². The molecule has 0 aliphatic carbocycles. The second-order valence-electron chi connectivity index (χ2n) is 2.98. The molecule has 0 aromatic heterocycles. The van der Waals surface area contributed by atoms with Crippen molar-refractivity contribution in [3.8, 4) is 0 Å². The molecule has 4 heteroatoms. The van der Waals surface area contributed by atoms with E-state index >= 15 is 0 Å². The molecule has 0 N–H and O–H groups in total. The molecule has 3 nitrogen and oxygen atoms in total. The number of rotatable bonds is 1. The van der Waals surface area contributed by atoms with E-state index < -0.39 is 0 Å². The predicted octanol–water partition coefficient (Wildman–Crippen LogP) is 2.00. The van der Waals surface area contributed by atoms with Gasteiger partial charge in [-0.1, -0.05) is 23.4 Å². The summed E-state index contributed by atoms with van der Waals surface area (Å²) < 4.78 is 5.12. The molecule has 2 rings (SSSR count). The van der Waals surface area contributed by atoms with Crippen molar-refractivity contribution in [2.45, 2.75) is 32.4 Å². The third-order valence-corrected chi connectivity index (χ3v) is 3.01. The lowest BCUT2D eigenvalue weighted by Crippen LogP contribution is -2.30. The Balaban J connectivity index is 0.000000720. The van der Waals surface area contributed by atoms with Crippen LogP contribution in [0, 0.1) is 0 Å². The van der Waals surface area contributed by atoms with E-state index in [2.05, 4.69) is 15.9 Å². The van der Waals surface area contributed by atoms with Crippen molar-refractivity contribution in [1.82, 2.24) is 4.90 Å². The molecule has 2 fully saturated rings. The van der Waals surface area contributed by atoms with Crippen LogP contribution in [0.4, 0.5) is 4.79 Å². The number of ether oxygens (including phenoxy) is 1. The van der Waals surface area contributed by atoms with Crippen molar-refractivity contribution in [3.05, 3.63) is 0 Å². The molecule has 0 bridgehead atoms. The third kappa shape index (κ3) is 1.32. The van der Waals surface area contributed by atoms with Crippen molar-refractivity contribution < 1.29 is 9.53 Å². The van der Waals surface area contributed by atoms with E-state index in [1.165, 1.54) is 0 Å². The van der Waals surface area contributed by atoms with E-state index in [1.807, 2.05) is 4.90 Å². The number of halogens is 1. The zero-order valence-corrected chi connectivity index (χ0v) is 7.71. The van der Waals surface area contributed by atoms with Gasteiger partial charge in [0.1, 0.15) is 6.10 Å². The molecule has 2 heterocycles. The second-order valence-corrected chi connectivity index (χ2v) is 3.63. The Morgan fingerprint density at radius 3 is 3.08 bits per heavy atom. The standard InChI is InChI=1S/C7H10BrNO2.CH4/c8-4-6-5-2-1-3-9(5)7(10)11-6;/h5-6H,1-4H2;1H4/t5?,6-;/m0./s1. The SMILES string of the molecule is C.O=C1O[C@@H](CBr)C2CCCN12. The Morgan fingerprint density at radius 1 is 1.67 bits per heavy atom. The van der Waals surface area contributed by atoms with E-state index in [0.717, 1.165) is 24.7 Å². The van der Waals surface area contributed by atoms with Crippen LogP contribution < -0.4 is 0 Å². The number of hydrogen-bond acceptors (Lipinski definition) is 2. The van der Waals surface area contributed by atoms with Crippen LogP contribution in [0.5, 0.6) is 0 Å². The molecule has 12 heavy (non-hydrogen) atoms. The summed E-state index contributed by atoms with van der Waals surface area (Å²) in [5, 5.41) is 0.764. The fourth-order valence-electron chi connectivity index (χ4n) is 1.82. The molecule has 2 aliphatic rings. The summed E-state index contributed by atoms with van der Waals surface area (Å²) in [7, 11) is 0. The fraction of sp³-hybridized carbons (Fsp3) is 0.875. The van der Waals surface area contributed by atoms with Crippen LogP contribution in [0.2, 0.25) is 0 Å². The first-order valence-electron chi connectivity index (χ1n) is 3.86. The Kier molecular flexibility index (Phi) is 2.99. The number of fused-ring (bicyclic) bond motifs is 1. The van der Waals surface area contributed by atoms with Gasteiger partial charge in [0.15, 0.2) is 0 Å². The topological polar surface area (TPSA) is 29.5 Å². The molecule has 0 saturated carbocycles. The molecule has 0 radical (unpaired) electrons. The summed E-state index contributed by atoms with van der Waals surface area (Å²) in [4.78, 5) is 12.9. The number of hydrogen-bond donors (Lipinski definition) is 0. The highest BCUT2D eigenvalue weighted by Crippen LogP contribution is 2.29. The van der Waals surface area contributed by atoms with Gasteiger partial charge in [0.25, 0.3) is 0 Å². The van der Waals surface area contributed by atoms with Crippen molar-refractivity contribution in [3.63, 3.8) is 0 Å². The molecule has 2 atom stereocenters. The van der Waals surface area contributed by atoms with E-state index in [0.29, 0.717) is 6.04 Å². The maximum Gasteiger partial charge on any atom is 0.410 e. The number of carbonyl (C=O) groups is 1. The summed E-state index contributed by atoms with van der Waals surface area (Å²) in [6, 6.07) is 0.349. The van der Waals surface area contributed by atoms with Gasteiger partial charge in [-0.25, -0.2) is 4.79 Å². The van der Waals surface area contributed by atoms with Crippen molar-refractivity contribution in [1.29, 1.82) is 0 Å². The van der Waals surface area contributed by atoms with E-state index in [-0.39, 0.29) is 19.6 Å². The van der Waals surface area contributed by atoms with Gasteiger partial charge in [-0.15, -0.1) is 0 Å². The number of nitrogens with zero attached hydrogens (tertiary/aromatic N) is 1. The minimum Gasteiger partial charge on any atom is -0.443 e. The summed E-state index contributed by atoms with van der Waals surface area (Å²) in [5.74, 6) is 0. The van der Waals surface area contributed by atoms with Crippen LogP contribution in [-0.4, -0.2) is 35.0 Å².